The second kappa shape index (κ2) is 9.52. The molecular weight excluding hydrogens is 383 g/mol. The number of amides is 3. The zero-order valence-electron chi connectivity index (χ0n) is 15.5. The Bertz CT molecular complexity index is 875. The highest BCUT2D eigenvalue weighted by Crippen LogP contribution is 2.25. The summed E-state index contributed by atoms with van der Waals surface area (Å²) in [4.78, 5) is 23.8. The minimum Gasteiger partial charge on any atom is -0.352 e. The van der Waals surface area contributed by atoms with Crippen molar-refractivity contribution in [1.29, 1.82) is 0 Å². The molecule has 0 aliphatic carbocycles. The molecule has 0 fully saturated rings. The molecular formula is C20H24ClFN4O2. The Morgan fingerprint density at radius 1 is 1.29 bits per heavy atom. The zero-order valence-corrected chi connectivity index (χ0v) is 16.4. The van der Waals surface area contributed by atoms with Crippen molar-refractivity contribution >= 4 is 30.0 Å². The second-order valence-corrected chi connectivity index (χ2v) is 6.72. The summed E-state index contributed by atoms with van der Waals surface area (Å²) in [5.74, 6) is -0.791. The first-order chi connectivity index (χ1) is 12.9. The van der Waals surface area contributed by atoms with Crippen molar-refractivity contribution in [2.45, 2.75) is 32.4 Å². The number of primary amides is 1. The number of nitrogens with one attached hydrogen (secondary N) is 3. The van der Waals surface area contributed by atoms with Crippen molar-refractivity contribution in [1.82, 2.24) is 10.6 Å². The summed E-state index contributed by atoms with van der Waals surface area (Å²) in [5, 5.41) is 8.39. The molecule has 8 heteroatoms. The highest BCUT2D eigenvalue weighted by molar-refractivity contribution is 5.92. The van der Waals surface area contributed by atoms with Gasteiger partial charge in [-0.15, -0.1) is 12.4 Å². The predicted molar refractivity (Wildman–Crippen MR) is 109 cm³/mol. The van der Waals surface area contributed by atoms with E-state index in [-0.39, 0.29) is 24.5 Å². The van der Waals surface area contributed by atoms with Crippen LogP contribution in [0.25, 0.3) is 0 Å². The molecule has 0 aromatic heterocycles. The van der Waals surface area contributed by atoms with E-state index >= 15 is 0 Å². The standard InChI is InChI=1S/C20H23FN4O2.ClH/c1-12-3-2-4-13(9-12)17(25-20(22)27)10-18(26)24-16-6-5-14-11-23-8-7-15(14)19(16)21;/h2-6,9,17,23H,7-8,10-11H2,1H3,(H,24,26)(H3,22,25,27);1H. The van der Waals surface area contributed by atoms with Crippen LogP contribution >= 0.6 is 12.4 Å². The zero-order chi connectivity index (χ0) is 19.4. The van der Waals surface area contributed by atoms with Crippen molar-refractivity contribution in [3.63, 3.8) is 0 Å². The predicted octanol–water partition coefficient (Wildman–Crippen LogP) is 2.94. The molecule has 150 valence electrons. The SMILES string of the molecule is Cc1cccc(C(CC(=O)Nc2ccc3c(c2F)CCNC3)NC(N)=O)c1.Cl. The maximum atomic E-state index is 14.7. The van der Waals surface area contributed by atoms with Gasteiger partial charge in [-0.25, -0.2) is 9.18 Å². The first-order valence-electron chi connectivity index (χ1n) is 8.87. The molecule has 2 aromatic rings. The van der Waals surface area contributed by atoms with Crippen LogP contribution in [0.2, 0.25) is 0 Å². The number of hydrogen-bond acceptors (Lipinski definition) is 3. The van der Waals surface area contributed by atoms with E-state index in [0.717, 1.165) is 16.7 Å². The smallest absolute Gasteiger partial charge is 0.312 e. The van der Waals surface area contributed by atoms with Gasteiger partial charge < -0.3 is 21.7 Å². The minimum absolute atomic E-state index is 0. The van der Waals surface area contributed by atoms with Gasteiger partial charge in [0.25, 0.3) is 0 Å². The van der Waals surface area contributed by atoms with Gasteiger partial charge in [-0.1, -0.05) is 35.9 Å². The Kier molecular flexibility index (Phi) is 7.37. The lowest BCUT2D eigenvalue weighted by Crippen LogP contribution is -2.35. The molecule has 3 amide bonds. The van der Waals surface area contributed by atoms with Gasteiger partial charge in [0, 0.05) is 6.54 Å². The fourth-order valence-electron chi connectivity index (χ4n) is 3.33. The Balaban J connectivity index is 0.00000280. The van der Waals surface area contributed by atoms with Crippen molar-refractivity contribution in [2.75, 3.05) is 11.9 Å². The number of nitrogens with two attached hydrogens (primary N) is 1. The lowest BCUT2D eigenvalue weighted by atomic mass is 9.99. The molecule has 0 radical (unpaired) electrons. The third-order valence-electron chi connectivity index (χ3n) is 4.63. The lowest BCUT2D eigenvalue weighted by Gasteiger charge is -2.21. The molecule has 0 saturated heterocycles. The van der Waals surface area contributed by atoms with Crippen LogP contribution < -0.4 is 21.7 Å². The Hall–Kier alpha value is -2.64. The molecule has 6 nitrogen and oxygen atoms in total. The molecule has 5 N–H and O–H groups in total. The summed E-state index contributed by atoms with van der Waals surface area (Å²) in [6.07, 6.45) is 0.532. The van der Waals surface area contributed by atoms with E-state index in [1.54, 1.807) is 6.07 Å². The summed E-state index contributed by atoms with van der Waals surface area (Å²) < 4.78 is 14.7. The van der Waals surface area contributed by atoms with Crippen LogP contribution in [0.3, 0.4) is 0 Å². The van der Waals surface area contributed by atoms with Crippen LogP contribution in [-0.2, 0) is 17.8 Å². The van der Waals surface area contributed by atoms with Crippen LogP contribution in [-0.4, -0.2) is 18.5 Å². The Morgan fingerprint density at radius 3 is 2.79 bits per heavy atom. The second-order valence-electron chi connectivity index (χ2n) is 6.72. The third kappa shape index (κ3) is 5.21. The number of carbonyl (C=O) groups is 2. The number of carbonyl (C=O) groups excluding carboxylic acids is 2. The third-order valence-corrected chi connectivity index (χ3v) is 4.63. The number of halogens is 2. The average Bonchev–Trinajstić information content (AvgIpc) is 2.63. The first-order valence-corrected chi connectivity index (χ1v) is 8.87. The van der Waals surface area contributed by atoms with Crippen LogP contribution in [0.4, 0.5) is 14.9 Å². The molecule has 1 aliphatic rings. The van der Waals surface area contributed by atoms with E-state index in [1.807, 2.05) is 37.3 Å². The number of benzene rings is 2. The molecule has 1 atom stereocenters. The summed E-state index contributed by atoms with van der Waals surface area (Å²) in [5.41, 5.74) is 8.71. The quantitative estimate of drug-likeness (QED) is 0.614. The highest BCUT2D eigenvalue weighted by Gasteiger charge is 2.21. The van der Waals surface area contributed by atoms with Gasteiger partial charge in [0.05, 0.1) is 18.2 Å². The van der Waals surface area contributed by atoms with Gasteiger partial charge in [0.2, 0.25) is 5.91 Å². The van der Waals surface area contributed by atoms with Gasteiger partial charge >= 0.3 is 6.03 Å². The van der Waals surface area contributed by atoms with Gasteiger partial charge in [-0.05, 0) is 42.6 Å². The van der Waals surface area contributed by atoms with E-state index in [4.69, 9.17) is 5.73 Å². The fourth-order valence-corrected chi connectivity index (χ4v) is 3.33. The van der Waals surface area contributed by atoms with Crippen LogP contribution in [0.15, 0.2) is 36.4 Å². The number of anilines is 1. The number of fused-ring (bicyclic) bond motifs is 1. The lowest BCUT2D eigenvalue weighted by molar-refractivity contribution is -0.116. The first kappa shape index (κ1) is 21.7. The average molecular weight is 407 g/mol. The number of aryl methyl sites for hydroxylation is 1. The van der Waals surface area contributed by atoms with E-state index < -0.39 is 23.8 Å². The summed E-state index contributed by atoms with van der Waals surface area (Å²) in [6.45, 7) is 3.25. The maximum Gasteiger partial charge on any atom is 0.312 e. The normalized spacial score (nSPS) is 13.6. The van der Waals surface area contributed by atoms with Gasteiger partial charge in [0.15, 0.2) is 0 Å². The Labute approximate surface area is 169 Å². The molecule has 2 aromatic carbocycles. The van der Waals surface area contributed by atoms with Crippen LogP contribution in [0.5, 0.6) is 0 Å². The van der Waals surface area contributed by atoms with E-state index in [0.29, 0.717) is 25.1 Å². The Morgan fingerprint density at radius 2 is 2.07 bits per heavy atom. The van der Waals surface area contributed by atoms with Crippen LogP contribution in [0.1, 0.15) is 34.7 Å². The fraction of sp³-hybridized carbons (Fsp3) is 0.300. The molecule has 1 aliphatic heterocycles. The van der Waals surface area contributed by atoms with Crippen molar-refractivity contribution in [3.05, 3.63) is 64.5 Å². The summed E-state index contributed by atoms with van der Waals surface area (Å²) >= 11 is 0. The van der Waals surface area contributed by atoms with Gasteiger partial charge in [-0.3, -0.25) is 4.79 Å². The summed E-state index contributed by atoms with van der Waals surface area (Å²) in [6, 6.07) is 9.53. The summed E-state index contributed by atoms with van der Waals surface area (Å²) in [7, 11) is 0. The van der Waals surface area contributed by atoms with Crippen molar-refractivity contribution in [3.8, 4) is 0 Å². The highest BCUT2D eigenvalue weighted by atomic mass is 35.5. The molecule has 1 unspecified atom stereocenters. The minimum atomic E-state index is -0.721. The molecule has 0 saturated carbocycles. The van der Waals surface area contributed by atoms with E-state index in [9.17, 15) is 14.0 Å². The molecule has 28 heavy (non-hydrogen) atoms. The van der Waals surface area contributed by atoms with Crippen LogP contribution in [0, 0.1) is 12.7 Å². The number of urea groups is 1. The number of hydrogen-bond donors (Lipinski definition) is 4. The molecule has 1 heterocycles. The van der Waals surface area contributed by atoms with Crippen molar-refractivity contribution in [2.24, 2.45) is 5.73 Å². The van der Waals surface area contributed by atoms with E-state index in [1.165, 1.54) is 0 Å². The monoisotopic (exact) mass is 406 g/mol. The largest absolute Gasteiger partial charge is 0.352 e. The van der Waals surface area contributed by atoms with E-state index in [2.05, 4.69) is 16.0 Å². The molecule has 0 spiro atoms. The number of rotatable bonds is 5. The molecule has 0 bridgehead atoms. The van der Waals surface area contributed by atoms with Gasteiger partial charge in [0.1, 0.15) is 5.82 Å². The van der Waals surface area contributed by atoms with Crippen molar-refractivity contribution < 1.29 is 14.0 Å². The maximum absolute atomic E-state index is 14.7. The topological polar surface area (TPSA) is 96.2 Å². The molecule has 3 rings (SSSR count). The van der Waals surface area contributed by atoms with Gasteiger partial charge in [-0.2, -0.15) is 0 Å².